The van der Waals surface area contributed by atoms with Crippen molar-refractivity contribution in [1.82, 2.24) is 0 Å². The van der Waals surface area contributed by atoms with Crippen LogP contribution in [0.15, 0.2) is 51.5 Å². The van der Waals surface area contributed by atoms with E-state index in [1.165, 1.54) is 0 Å². The topological polar surface area (TPSA) is 82.8 Å². The zero-order valence-electron chi connectivity index (χ0n) is 12.6. The normalized spacial score (nSPS) is 18.5. The minimum absolute atomic E-state index is 0.0688. The van der Waals surface area contributed by atoms with Crippen molar-refractivity contribution in [2.45, 2.75) is 26.7 Å². The molecule has 0 saturated heterocycles. The van der Waals surface area contributed by atoms with Gasteiger partial charge in [0, 0.05) is 9.89 Å². The third-order valence-corrected chi connectivity index (χ3v) is 3.95. The fourth-order valence-electron chi connectivity index (χ4n) is 2.42. The zero-order chi connectivity index (χ0) is 16.5. The number of halogens is 1. The average Bonchev–Trinajstić information content (AvgIpc) is 2.46. The molecule has 0 aliphatic carbocycles. The van der Waals surface area contributed by atoms with Gasteiger partial charge in [0.25, 0.3) is 0 Å². The molecule has 1 aliphatic heterocycles. The Balaban J connectivity index is 2.70. The molecule has 1 unspecified atom stereocenters. The predicted molar refractivity (Wildman–Crippen MR) is 86.9 cm³/mol. The van der Waals surface area contributed by atoms with Crippen LogP contribution in [-0.4, -0.2) is 0 Å². The maximum atomic E-state index is 9.64. The van der Waals surface area contributed by atoms with E-state index < -0.39 is 5.92 Å². The van der Waals surface area contributed by atoms with E-state index in [0.717, 1.165) is 10.0 Å². The van der Waals surface area contributed by atoms with E-state index in [2.05, 4.69) is 28.1 Å². The molecule has 2 rings (SSSR count). The van der Waals surface area contributed by atoms with Gasteiger partial charge in [-0.25, -0.2) is 0 Å². The molecule has 2 N–H and O–H groups in total. The van der Waals surface area contributed by atoms with Crippen LogP contribution < -0.4 is 5.73 Å². The first-order valence-corrected chi connectivity index (χ1v) is 7.56. The van der Waals surface area contributed by atoms with Crippen LogP contribution >= 0.6 is 15.9 Å². The van der Waals surface area contributed by atoms with Crippen molar-refractivity contribution in [2.24, 2.45) is 11.1 Å². The van der Waals surface area contributed by atoms with Crippen LogP contribution in [0, 0.1) is 28.1 Å². The molecule has 1 aromatic carbocycles. The van der Waals surface area contributed by atoms with E-state index in [-0.39, 0.29) is 16.9 Å². The highest BCUT2D eigenvalue weighted by atomic mass is 79.9. The van der Waals surface area contributed by atoms with E-state index in [0.29, 0.717) is 11.3 Å². The molecule has 4 nitrogen and oxygen atoms in total. The van der Waals surface area contributed by atoms with Gasteiger partial charge in [-0.2, -0.15) is 10.5 Å². The van der Waals surface area contributed by atoms with Gasteiger partial charge < -0.3 is 10.5 Å². The van der Waals surface area contributed by atoms with Crippen molar-refractivity contribution in [2.75, 3.05) is 0 Å². The Bertz CT molecular complexity index is 740. The molecule has 0 fully saturated rings. The molecule has 0 spiro atoms. The fourth-order valence-corrected chi connectivity index (χ4v) is 2.68. The summed E-state index contributed by atoms with van der Waals surface area (Å²) in [6, 6.07) is 11.8. The van der Waals surface area contributed by atoms with Gasteiger partial charge in [0.2, 0.25) is 5.88 Å². The highest BCUT2D eigenvalue weighted by molar-refractivity contribution is 9.10. The Morgan fingerprint density at radius 2 is 1.64 bits per heavy atom. The van der Waals surface area contributed by atoms with Crippen LogP contribution in [0.25, 0.3) is 0 Å². The number of nitrogens with zero attached hydrogens (tertiary/aromatic N) is 2. The van der Waals surface area contributed by atoms with Gasteiger partial charge in [-0.1, -0.05) is 48.8 Å². The number of ether oxygens (including phenoxy) is 1. The second-order valence-corrected chi connectivity index (χ2v) is 7.00. The van der Waals surface area contributed by atoms with E-state index in [4.69, 9.17) is 10.5 Å². The van der Waals surface area contributed by atoms with Crippen LogP contribution in [-0.2, 0) is 4.74 Å². The number of nitrogens with two attached hydrogens (primary N) is 1. The molecule has 1 aromatic rings. The summed E-state index contributed by atoms with van der Waals surface area (Å²) < 4.78 is 6.54. The van der Waals surface area contributed by atoms with Gasteiger partial charge in [0.15, 0.2) is 0 Å². The molecule has 22 heavy (non-hydrogen) atoms. The molecule has 0 saturated carbocycles. The summed E-state index contributed by atoms with van der Waals surface area (Å²) in [5.74, 6) is 0.0878. The summed E-state index contributed by atoms with van der Waals surface area (Å²) in [7, 11) is 0. The first-order valence-electron chi connectivity index (χ1n) is 6.77. The zero-order valence-corrected chi connectivity index (χ0v) is 14.2. The quantitative estimate of drug-likeness (QED) is 0.820. The highest BCUT2D eigenvalue weighted by Crippen LogP contribution is 2.44. The lowest BCUT2D eigenvalue weighted by Crippen LogP contribution is -2.26. The predicted octanol–water partition coefficient (Wildman–Crippen LogP) is 4.08. The van der Waals surface area contributed by atoms with Crippen LogP contribution in [0.3, 0.4) is 0 Å². The maximum absolute atomic E-state index is 9.64. The summed E-state index contributed by atoms with van der Waals surface area (Å²) >= 11 is 3.39. The van der Waals surface area contributed by atoms with Crippen LogP contribution in [0.2, 0.25) is 0 Å². The van der Waals surface area contributed by atoms with E-state index in [9.17, 15) is 10.5 Å². The molecule has 0 aromatic heterocycles. The van der Waals surface area contributed by atoms with Gasteiger partial charge in [-0.05, 0) is 17.7 Å². The molecule has 1 atom stereocenters. The van der Waals surface area contributed by atoms with Crippen LogP contribution in [0.5, 0.6) is 0 Å². The largest absolute Gasteiger partial charge is 0.443 e. The minimum atomic E-state index is -0.494. The van der Waals surface area contributed by atoms with Gasteiger partial charge in [-0.15, -0.1) is 0 Å². The first-order chi connectivity index (χ1) is 10.3. The number of hydrogen-bond donors (Lipinski definition) is 1. The lowest BCUT2D eigenvalue weighted by Gasteiger charge is -2.32. The summed E-state index contributed by atoms with van der Waals surface area (Å²) in [6.45, 7) is 5.84. The molecule has 0 bridgehead atoms. The van der Waals surface area contributed by atoms with Crippen LogP contribution in [0.4, 0.5) is 0 Å². The Labute approximate surface area is 138 Å². The third kappa shape index (κ3) is 2.86. The fraction of sp³-hybridized carbons (Fsp3) is 0.294. The van der Waals surface area contributed by atoms with Crippen molar-refractivity contribution >= 4 is 15.9 Å². The number of allylic oxidation sites excluding steroid dienone is 3. The van der Waals surface area contributed by atoms with Crippen molar-refractivity contribution < 1.29 is 4.74 Å². The molecule has 0 radical (unpaired) electrons. The van der Waals surface area contributed by atoms with Gasteiger partial charge in [0.1, 0.15) is 17.4 Å². The Hall–Kier alpha value is -2.24. The van der Waals surface area contributed by atoms with Gasteiger partial charge >= 0.3 is 0 Å². The number of rotatable bonds is 1. The molecular weight excluding hydrogens is 342 g/mol. The third-order valence-electron chi connectivity index (χ3n) is 3.42. The average molecular weight is 358 g/mol. The SMILES string of the molecule is CC(C)(C)C1=C(C#N)C(c2ccc(Br)cc2)C(C#N)=C(N)O1. The van der Waals surface area contributed by atoms with Gasteiger partial charge in [0.05, 0.1) is 17.6 Å². The van der Waals surface area contributed by atoms with E-state index in [1.807, 2.05) is 45.0 Å². The first kappa shape index (κ1) is 16.1. The van der Waals surface area contributed by atoms with E-state index >= 15 is 0 Å². The second kappa shape index (κ2) is 5.87. The lowest BCUT2D eigenvalue weighted by atomic mass is 9.79. The Kier molecular flexibility index (Phi) is 4.30. The number of hydrogen-bond acceptors (Lipinski definition) is 4. The van der Waals surface area contributed by atoms with Crippen LogP contribution in [0.1, 0.15) is 32.3 Å². The molecule has 1 aliphatic rings. The van der Waals surface area contributed by atoms with Crippen molar-refractivity contribution in [3.05, 3.63) is 57.1 Å². The highest BCUT2D eigenvalue weighted by Gasteiger charge is 2.37. The molecule has 112 valence electrons. The van der Waals surface area contributed by atoms with Crippen molar-refractivity contribution in [3.63, 3.8) is 0 Å². The Morgan fingerprint density at radius 3 is 2.09 bits per heavy atom. The van der Waals surface area contributed by atoms with E-state index in [1.54, 1.807) is 0 Å². The second-order valence-electron chi connectivity index (χ2n) is 6.08. The molecular formula is C17H16BrN3O. The summed E-state index contributed by atoms with van der Waals surface area (Å²) in [5.41, 5.74) is 7.09. The number of nitriles is 2. The number of benzene rings is 1. The van der Waals surface area contributed by atoms with Crippen molar-refractivity contribution in [3.8, 4) is 12.1 Å². The smallest absolute Gasteiger partial charge is 0.205 e. The summed E-state index contributed by atoms with van der Waals surface area (Å²) in [5, 5.41) is 19.1. The molecule has 0 amide bonds. The standard InChI is InChI=1S/C17H16BrN3O/c1-17(2,3)15-12(8-19)14(13(9-20)16(21)22-15)10-4-6-11(18)7-5-10/h4-7,14H,21H2,1-3H3. The van der Waals surface area contributed by atoms with Gasteiger partial charge in [-0.3, -0.25) is 0 Å². The summed E-state index contributed by atoms with van der Waals surface area (Å²) in [6.07, 6.45) is 0. The molecule has 5 heteroatoms. The molecule has 1 heterocycles. The minimum Gasteiger partial charge on any atom is -0.443 e. The van der Waals surface area contributed by atoms with Crippen molar-refractivity contribution in [1.29, 1.82) is 10.5 Å². The summed E-state index contributed by atoms with van der Waals surface area (Å²) in [4.78, 5) is 0. The monoisotopic (exact) mass is 357 g/mol. The Morgan fingerprint density at radius 1 is 1.09 bits per heavy atom. The lowest BCUT2D eigenvalue weighted by molar-refractivity contribution is 0.199. The maximum Gasteiger partial charge on any atom is 0.205 e.